The van der Waals surface area contributed by atoms with E-state index in [0.717, 1.165) is 23.3 Å². The fraction of sp³-hybridized carbons (Fsp3) is 0.467. The van der Waals surface area contributed by atoms with E-state index in [1.54, 1.807) is 7.11 Å². The number of hydrogen-bond acceptors (Lipinski definition) is 3. The Kier molecular flexibility index (Phi) is 5.87. The molecule has 0 aliphatic heterocycles. The highest BCUT2D eigenvalue weighted by Crippen LogP contribution is 2.25. The van der Waals surface area contributed by atoms with Crippen molar-refractivity contribution in [1.82, 2.24) is 5.32 Å². The van der Waals surface area contributed by atoms with Gasteiger partial charge in [0.25, 0.3) is 0 Å². The van der Waals surface area contributed by atoms with Crippen molar-refractivity contribution in [1.29, 1.82) is 5.26 Å². The van der Waals surface area contributed by atoms with Gasteiger partial charge in [-0.05, 0) is 30.5 Å². The molecule has 1 atom stereocenters. The Morgan fingerprint density at radius 3 is 2.79 bits per heavy atom. The zero-order chi connectivity index (χ0) is 14.3. The van der Waals surface area contributed by atoms with Crippen LogP contribution in [0, 0.1) is 18.3 Å². The third kappa shape index (κ3) is 4.29. The summed E-state index contributed by atoms with van der Waals surface area (Å²) in [6.07, 6.45) is 1.09. The van der Waals surface area contributed by atoms with Crippen LogP contribution < -0.4 is 10.1 Å². The van der Waals surface area contributed by atoms with Crippen LogP contribution in [-0.2, 0) is 4.79 Å². The number of nitrogens with one attached hydrogen (secondary N) is 1. The number of rotatable bonds is 6. The van der Waals surface area contributed by atoms with Crippen molar-refractivity contribution in [2.45, 2.75) is 32.6 Å². The predicted molar refractivity (Wildman–Crippen MR) is 74.0 cm³/mol. The van der Waals surface area contributed by atoms with Gasteiger partial charge in [0.05, 0.1) is 19.1 Å². The first-order chi connectivity index (χ1) is 9.12. The second-order valence-electron chi connectivity index (χ2n) is 4.46. The summed E-state index contributed by atoms with van der Waals surface area (Å²) in [7, 11) is 1.61. The Morgan fingerprint density at radius 2 is 2.26 bits per heavy atom. The topological polar surface area (TPSA) is 62.1 Å². The number of ether oxygens (including phenoxy) is 1. The molecule has 4 heteroatoms. The lowest BCUT2D eigenvalue weighted by atomic mass is 9.95. The Balaban J connectivity index is 2.78. The Bertz CT molecular complexity index is 478. The van der Waals surface area contributed by atoms with Crippen molar-refractivity contribution < 1.29 is 9.53 Å². The molecule has 1 unspecified atom stereocenters. The van der Waals surface area contributed by atoms with Gasteiger partial charge in [-0.1, -0.05) is 19.1 Å². The van der Waals surface area contributed by atoms with E-state index in [2.05, 4.69) is 11.4 Å². The minimum Gasteiger partial charge on any atom is -0.496 e. The first kappa shape index (κ1) is 15.0. The van der Waals surface area contributed by atoms with Gasteiger partial charge in [0.15, 0.2) is 0 Å². The monoisotopic (exact) mass is 260 g/mol. The Morgan fingerprint density at radius 1 is 1.53 bits per heavy atom. The summed E-state index contributed by atoms with van der Waals surface area (Å²) in [5.41, 5.74) is 1.82. The molecule has 1 amide bonds. The van der Waals surface area contributed by atoms with E-state index in [1.165, 1.54) is 0 Å². The second-order valence-corrected chi connectivity index (χ2v) is 4.46. The SMILES string of the molecule is CCCNC(=O)CC(C#N)c1ccc(OC)c(C)c1. The normalized spacial score (nSPS) is 11.5. The summed E-state index contributed by atoms with van der Waals surface area (Å²) < 4.78 is 5.19. The minimum atomic E-state index is -0.415. The van der Waals surface area contributed by atoms with Crippen molar-refractivity contribution >= 4 is 5.91 Å². The van der Waals surface area contributed by atoms with E-state index in [9.17, 15) is 10.1 Å². The predicted octanol–water partition coefficient (Wildman–Crippen LogP) is 2.53. The molecule has 102 valence electrons. The van der Waals surface area contributed by atoms with Gasteiger partial charge in [-0.25, -0.2) is 0 Å². The lowest BCUT2D eigenvalue weighted by Crippen LogP contribution is -2.25. The minimum absolute atomic E-state index is 0.0816. The van der Waals surface area contributed by atoms with Gasteiger partial charge in [0.2, 0.25) is 5.91 Å². The number of amides is 1. The number of nitrogens with zero attached hydrogens (tertiary/aromatic N) is 1. The highest BCUT2D eigenvalue weighted by Gasteiger charge is 2.16. The summed E-state index contributed by atoms with van der Waals surface area (Å²) in [6.45, 7) is 4.57. The van der Waals surface area contributed by atoms with Gasteiger partial charge in [0, 0.05) is 13.0 Å². The molecule has 1 aromatic rings. The number of hydrogen-bond donors (Lipinski definition) is 1. The summed E-state index contributed by atoms with van der Waals surface area (Å²) in [5.74, 6) is 0.291. The molecule has 0 fully saturated rings. The highest BCUT2D eigenvalue weighted by molar-refractivity contribution is 5.77. The van der Waals surface area contributed by atoms with Crippen LogP contribution in [0.3, 0.4) is 0 Å². The molecule has 0 saturated carbocycles. The van der Waals surface area contributed by atoms with Crippen molar-refractivity contribution in [2.75, 3.05) is 13.7 Å². The lowest BCUT2D eigenvalue weighted by molar-refractivity contribution is -0.121. The van der Waals surface area contributed by atoms with Gasteiger partial charge >= 0.3 is 0 Å². The number of carbonyl (C=O) groups is 1. The third-order valence-corrected chi connectivity index (χ3v) is 2.94. The molecular weight excluding hydrogens is 240 g/mol. The first-order valence-corrected chi connectivity index (χ1v) is 6.43. The van der Waals surface area contributed by atoms with E-state index >= 15 is 0 Å². The Hall–Kier alpha value is -2.02. The van der Waals surface area contributed by atoms with Crippen LogP contribution in [0.1, 0.15) is 36.8 Å². The standard InChI is InChI=1S/C15H20N2O2/c1-4-7-17-15(18)9-13(10-16)12-5-6-14(19-3)11(2)8-12/h5-6,8,13H,4,7,9H2,1-3H3,(H,17,18). The number of aryl methyl sites for hydroxylation is 1. The molecule has 0 heterocycles. The molecule has 1 aromatic carbocycles. The maximum Gasteiger partial charge on any atom is 0.221 e. The summed E-state index contributed by atoms with van der Waals surface area (Å²) >= 11 is 0. The van der Waals surface area contributed by atoms with E-state index < -0.39 is 5.92 Å². The molecular formula is C15H20N2O2. The summed E-state index contributed by atoms with van der Waals surface area (Å²) in [5, 5.41) is 12.0. The van der Waals surface area contributed by atoms with Crippen molar-refractivity contribution in [3.05, 3.63) is 29.3 Å². The van der Waals surface area contributed by atoms with Crippen molar-refractivity contribution in [3.8, 4) is 11.8 Å². The van der Waals surface area contributed by atoms with Crippen LogP contribution in [-0.4, -0.2) is 19.6 Å². The zero-order valence-electron chi connectivity index (χ0n) is 11.7. The summed E-state index contributed by atoms with van der Waals surface area (Å²) in [6, 6.07) is 7.76. The van der Waals surface area contributed by atoms with Gasteiger partial charge in [-0.3, -0.25) is 4.79 Å². The molecule has 1 rings (SSSR count). The highest BCUT2D eigenvalue weighted by atomic mass is 16.5. The molecule has 1 N–H and O–H groups in total. The molecule has 0 aromatic heterocycles. The number of benzene rings is 1. The number of methoxy groups -OCH3 is 1. The molecule has 0 aliphatic carbocycles. The number of carbonyl (C=O) groups excluding carboxylic acids is 1. The van der Waals surface area contributed by atoms with E-state index in [4.69, 9.17) is 4.74 Å². The number of nitriles is 1. The quantitative estimate of drug-likeness (QED) is 0.855. The van der Waals surface area contributed by atoms with Crippen LogP contribution in [0.4, 0.5) is 0 Å². The van der Waals surface area contributed by atoms with Crippen molar-refractivity contribution in [2.24, 2.45) is 0 Å². The summed E-state index contributed by atoms with van der Waals surface area (Å²) in [4.78, 5) is 11.7. The van der Waals surface area contributed by atoms with Crippen LogP contribution in [0.5, 0.6) is 5.75 Å². The van der Waals surface area contributed by atoms with Gasteiger partial charge < -0.3 is 10.1 Å². The zero-order valence-corrected chi connectivity index (χ0v) is 11.7. The average Bonchev–Trinajstić information content (AvgIpc) is 2.42. The van der Waals surface area contributed by atoms with Gasteiger partial charge in [0.1, 0.15) is 5.75 Å². The van der Waals surface area contributed by atoms with E-state index in [-0.39, 0.29) is 12.3 Å². The largest absolute Gasteiger partial charge is 0.496 e. The van der Waals surface area contributed by atoms with Crippen LogP contribution in [0.25, 0.3) is 0 Å². The van der Waals surface area contributed by atoms with E-state index in [0.29, 0.717) is 6.54 Å². The molecule has 19 heavy (non-hydrogen) atoms. The fourth-order valence-corrected chi connectivity index (χ4v) is 1.88. The molecule has 0 bridgehead atoms. The average molecular weight is 260 g/mol. The molecule has 0 aliphatic rings. The van der Waals surface area contributed by atoms with E-state index in [1.807, 2.05) is 32.0 Å². The maximum absolute atomic E-state index is 11.7. The lowest BCUT2D eigenvalue weighted by Gasteiger charge is -2.12. The first-order valence-electron chi connectivity index (χ1n) is 6.43. The van der Waals surface area contributed by atoms with Crippen LogP contribution in [0.2, 0.25) is 0 Å². The van der Waals surface area contributed by atoms with Crippen molar-refractivity contribution in [3.63, 3.8) is 0 Å². The molecule has 0 saturated heterocycles. The van der Waals surface area contributed by atoms with Crippen LogP contribution in [0.15, 0.2) is 18.2 Å². The molecule has 0 radical (unpaired) electrons. The second kappa shape index (κ2) is 7.42. The van der Waals surface area contributed by atoms with Gasteiger partial charge in [-0.15, -0.1) is 0 Å². The smallest absolute Gasteiger partial charge is 0.221 e. The maximum atomic E-state index is 11.7. The Labute approximate surface area is 114 Å². The van der Waals surface area contributed by atoms with Gasteiger partial charge in [-0.2, -0.15) is 5.26 Å². The molecule has 4 nitrogen and oxygen atoms in total. The fourth-order valence-electron chi connectivity index (χ4n) is 1.88. The van der Waals surface area contributed by atoms with Crippen LogP contribution >= 0.6 is 0 Å². The third-order valence-electron chi connectivity index (χ3n) is 2.94. The molecule has 0 spiro atoms.